The summed E-state index contributed by atoms with van der Waals surface area (Å²) in [4.78, 5) is 0. The Bertz CT molecular complexity index is 295. The molecule has 0 aliphatic rings. The molecule has 1 aromatic rings. The van der Waals surface area contributed by atoms with Gasteiger partial charge in [0.2, 0.25) is 0 Å². The van der Waals surface area contributed by atoms with Crippen LogP contribution in [0.25, 0.3) is 0 Å². The van der Waals surface area contributed by atoms with E-state index in [1.54, 1.807) is 12.1 Å². The van der Waals surface area contributed by atoms with E-state index in [4.69, 9.17) is 16.7 Å². The molecule has 0 spiro atoms. The molecule has 0 heterocycles. The molecule has 4 heteroatoms. The van der Waals surface area contributed by atoms with Crippen LogP contribution in [0.4, 0.5) is 4.39 Å². The normalized spacial score (nSPS) is 12.8. The van der Waals surface area contributed by atoms with Gasteiger partial charge in [-0.1, -0.05) is 24.6 Å². The molecule has 0 saturated carbocycles. The van der Waals surface area contributed by atoms with Gasteiger partial charge in [-0.25, -0.2) is 4.39 Å². The van der Waals surface area contributed by atoms with Crippen molar-refractivity contribution in [3.05, 3.63) is 34.6 Å². The molecular formula is C11H16ClFNO+. The van der Waals surface area contributed by atoms with Crippen molar-refractivity contribution >= 4 is 11.6 Å². The van der Waals surface area contributed by atoms with Crippen molar-refractivity contribution in [3.8, 4) is 0 Å². The molecule has 1 rings (SSSR count). The lowest BCUT2D eigenvalue weighted by Gasteiger charge is -2.11. The second-order valence-electron chi connectivity index (χ2n) is 3.49. The Labute approximate surface area is 94.1 Å². The number of halogens is 2. The van der Waals surface area contributed by atoms with E-state index in [-0.39, 0.29) is 18.5 Å². The number of nitrogens with two attached hydrogens (primary N) is 1. The monoisotopic (exact) mass is 232 g/mol. The van der Waals surface area contributed by atoms with Crippen LogP contribution in [0.3, 0.4) is 0 Å². The molecule has 0 aliphatic heterocycles. The first-order valence-corrected chi connectivity index (χ1v) is 5.43. The number of rotatable bonds is 5. The molecule has 0 amide bonds. The topological polar surface area (TPSA) is 36.8 Å². The van der Waals surface area contributed by atoms with Gasteiger partial charge >= 0.3 is 0 Å². The molecule has 0 saturated heterocycles. The third-order valence-electron chi connectivity index (χ3n) is 2.48. The Hall–Kier alpha value is -0.640. The molecule has 15 heavy (non-hydrogen) atoms. The third-order valence-corrected chi connectivity index (χ3v) is 2.83. The molecule has 1 atom stereocenters. The maximum atomic E-state index is 13.3. The second-order valence-corrected chi connectivity index (χ2v) is 3.90. The molecule has 0 bridgehead atoms. The first-order valence-electron chi connectivity index (χ1n) is 5.06. The van der Waals surface area contributed by atoms with Gasteiger partial charge in [0.1, 0.15) is 18.4 Å². The lowest BCUT2D eigenvalue weighted by Crippen LogP contribution is -2.89. The average Bonchev–Trinajstić information content (AvgIpc) is 2.23. The quantitative estimate of drug-likeness (QED) is 0.789. The highest BCUT2D eigenvalue weighted by Crippen LogP contribution is 2.17. The van der Waals surface area contributed by atoms with E-state index in [0.717, 1.165) is 6.42 Å². The fourth-order valence-electron chi connectivity index (χ4n) is 1.38. The van der Waals surface area contributed by atoms with E-state index in [0.29, 0.717) is 17.1 Å². The Balaban J connectivity index is 2.64. The summed E-state index contributed by atoms with van der Waals surface area (Å²) in [6.07, 6.45) is 0.850. The van der Waals surface area contributed by atoms with Crippen molar-refractivity contribution in [2.45, 2.75) is 25.9 Å². The fourth-order valence-corrected chi connectivity index (χ4v) is 1.62. The van der Waals surface area contributed by atoms with E-state index in [9.17, 15) is 4.39 Å². The summed E-state index contributed by atoms with van der Waals surface area (Å²) in [5.41, 5.74) is 0.506. The van der Waals surface area contributed by atoms with E-state index in [2.05, 4.69) is 0 Å². The van der Waals surface area contributed by atoms with Crippen molar-refractivity contribution in [2.24, 2.45) is 0 Å². The summed E-state index contributed by atoms with van der Waals surface area (Å²) >= 11 is 5.88. The third kappa shape index (κ3) is 3.45. The largest absolute Gasteiger partial charge is 0.390 e. The smallest absolute Gasteiger partial charge is 0.133 e. The summed E-state index contributed by atoms with van der Waals surface area (Å²) in [7, 11) is 0. The summed E-state index contributed by atoms with van der Waals surface area (Å²) < 4.78 is 13.3. The zero-order valence-electron chi connectivity index (χ0n) is 8.71. The number of quaternary nitrogens is 1. The number of hydrogen-bond donors (Lipinski definition) is 2. The number of hydrogen-bond acceptors (Lipinski definition) is 1. The van der Waals surface area contributed by atoms with Crippen LogP contribution in [0.15, 0.2) is 18.2 Å². The van der Waals surface area contributed by atoms with Gasteiger partial charge in [0, 0.05) is 0 Å². The van der Waals surface area contributed by atoms with E-state index >= 15 is 0 Å². The van der Waals surface area contributed by atoms with Crippen LogP contribution in [0.2, 0.25) is 5.02 Å². The SMILES string of the molecule is CC[C@H](CO)[NH2+]Cc1c(F)cccc1Cl. The molecule has 0 radical (unpaired) electrons. The molecule has 0 aromatic heterocycles. The zero-order chi connectivity index (χ0) is 11.3. The molecular weight excluding hydrogens is 217 g/mol. The molecule has 2 nitrogen and oxygen atoms in total. The zero-order valence-corrected chi connectivity index (χ0v) is 9.47. The highest BCUT2D eigenvalue weighted by molar-refractivity contribution is 6.31. The standard InChI is InChI=1S/C11H15ClFNO/c1-2-8(7-15)14-6-9-10(12)4-3-5-11(9)13/h3-5,8,14-15H,2,6-7H2,1H3/p+1/t8-/m1/s1. The summed E-state index contributed by atoms with van der Waals surface area (Å²) in [5.74, 6) is -0.286. The van der Waals surface area contributed by atoms with Gasteiger partial charge in [0.25, 0.3) is 0 Å². The first-order chi connectivity index (χ1) is 7.19. The van der Waals surface area contributed by atoms with Crippen molar-refractivity contribution in [2.75, 3.05) is 6.61 Å². The van der Waals surface area contributed by atoms with Gasteiger partial charge in [-0.2, -0.15) is 0 Å². The number of aliphatic hydroxyl groups excluding tert-OH is 1. The van der Waals surface area contributed by atoms with Crippen molar-refractivity contribution in [3.63, 3.8) is 0 Å². The second kappa shape index (κ2) is 6.05. The van der Waals surface area contributed by atoms with Crippen LogP contribution >= 0.6 is 11.6 Å². The lowest BCUT2D eigenvalue weighted by atomic mass is 10.2. The van der Waals surface area contributed by atoms with Gasteiger partial charge in [-0.05, 0) is 18.6 Å². The Morgan fingerprint density at radius 2 is 2.27 bits per heavy atom. The Morgan fingerprint density at radius 3 is 2.80 bits per heavy atom. The maximum absolute atomic E-state index is 13.3. The van der Waals surface area contributed by atoms with Gasteiger partial charge in [-0.3, -0.25) is 0 Å². The van der Waals surface area contributed by atoms with E-state index in [1.165, 1.54) is 6.07 Å². The van der Waals surface area contributed by atoms with Crippen molar-refractivity contribution < 1.29 is 14.8 Å². The average molecular weight is 233 g/mol. The predicted molar refractivity (Wildman–Crippen MR) is 58.2 cm³/mol. The highest BCUT2D eigenvalue weighted by Gasteiger charge is 2.12. The molecule has 84 valence electrons. The van der Waals surface area contributed by atoms with Gasteiger partial charge in [0.05, 0.1) is 17.2 Å². The van der Waals surface area contributed by atoms with E-state index in [1.807, 2.05) is 12.2 Å². The minimum absolute atomic E-state index is 0.0998. The maximum Gasteiger partial charge on any atom is 0.133 e. The molecule has 3 N–H and O–H groups in total. The summed E-state index contributed by atoms with van der Waals surface area (Å²) in [5, 5.41) is 11.3. The van der Waals surface area contributed by atoms with Gasteiger partial charge < -0.3 is 10.4 Å². The van der Waals surface area contributed by atoms with Crippen LogP contribution < -0.4 is 5.32 Å². The van der Waals surface area contributed by atoms with Crippen LogP contribution in [0, 0.1) is 5.82 Å². The lowest BCUT2D eigenvalue weighted by molar-refractivity contribution is -0.706. The van der Waals surface area contributed by atoms with Crippen LogP contribution in [-0.4, -0.2) is 17.8 Å². The minimum Gasteiger partial charge on any atom is -0.390 e. The number of aliphatic hydroxyl groups is 1. The van der Waals surface area contributed by atoms with Crippen molar-refractivity contribution in [1.29, 1.82) is 0 Å². The van der Waals surface area contributed by atoms with Crippen molar-refractivity contribution in [1.82, 2.24) is 0 Å². The van der Waals surface area contributed by atoms with Crippen LogP contribution in [0.5, 0.6) is 0 Å². The van der Waals surface area contributed by atoms with E-state index < -0.39 is 0 Å². The summed E-state index contributed by atoms with van der Waals surface area (Å²) in [6.45, 7) is 2.55. The first kappa shape index (κ1) is 12.4. The van der Waals surface area contributed by atoms with Gasteiger partial charge in [-0.15, -0.1) is 0 Å². The van der Waals surface area contributed by atoms with Gasteiger partial charge in [0.15, 0.2) is 0 Å². The fraction of sp³-hybridized carbons (Fsp3) is 0.455. The van der Waals surface area contributed by atoms with Crippen LogP contribution in [0.1, 0.15) is 18.9 Å². The molecule has 0 fully saturated rings. The Kier molecular flexibility index (Phi) is 5.02. The predicted octanol–water partition coefficient (Wildman–Crippen LogP) is 1.31. The Morgan fingerprint density at radius 1 is 1.53 bits per heavy atom. The minimum atomic E-state index is -0.286. The molecule has 1 aromatic carbocycles. The molecule has 0 aliphatic carbocycles. The highest BCUT2D eigenvalue weighted by atomic mass is 35.5. The summed E-state index contributed by atoms with van der Waals surface area (Å²) in [6, 6.07) is 4.77. The molecule has 0 unspecified atom stereocenters. The number of benzene rings is 1. The van der Waals surface area contributed by atoms with Crippen LogP contribution in [-0.2, 0) is 6.54 Å².